The van der Waals surface area contributed by atoms with Gasteiger partial charge in [-0.05, 0) is 49.6 Å². The molecule has 0 aliphatic rings. The molecule has 0 atom stereocenters. The highest BCUT2D eigenvalue weighted by Crippen LogP contribution is 2.27. The second-order valence-corrected chi connectivity index (χ2v) is 9.19. The second-order valence-electron chi connectivity index (χ2n) is 8.81. The van der Waals surface area contributed by atoms with Gasteiger partial charge in [0, 0.05) is 22.9 Å². The van der Waals surface area contributed by atoms with E-state index in [4.69, 9.17) is 11.6 Å². The summed E-state index contributed by atoms with van der Waals surface area (Å²) in [6.45, 7) is 9.59. The fraction of sp³-hybridized carbons (Fsp3) is 0.133. The van der Waals surface area contributed by atoms with Gasteiger partial charge in [-0.25, -0.2) is 0 Å². The predicted octanol–water partition coefficient (Wildman–Crippen LogP) is 6.08. The van der Waals surface area contributed by atoms with E-state index in [1.807, 2.05) is 87.5 Å². The summed E-state index contributed by atoms with van der Waals surface area (Å²) in [5, 5.41) is 14.5. The Hall–Kier alpha value is -4.69. The maximum absolute atomic E-state index is 12.2. The van der Waals surface area contributed by atoms with E-state index in [0.29, 0.717) is 12.0 Å². The van der Waals surface area contributed by atoms with Crippen LogP contribution in [0.2, 0.25) is 5.02 Å². The third-order valence-corrected chi connectivity index (χ3v) is 5.93. The molecule has 0 saturated heterocycles. The summed E-state index contributed by atoms with van der Waals surface area (Å²) in [7, 11) is 0. The molecule has 1 heterocycles. The van der Waals surface area contributed by atoms with Crippen LogP contribution in [-0.2, 0) is 4.79 Å². The van der Waals surface area contributed by atoms with Gasteiger partial charge in [-0.15, -0.1) is 0 Å². The maximum atomic E-state index is 12.2. The Labute approximate surface area is 232 Å². The summed E-state index contributed by atoms with van der Waals surface area (Å²) in [5.41, 5.74) is 5.14. The van der Waals surface area contributed by atoms with E-state index in [9.17, 15) is 14.4 Å². The van der Waals surface area contributed by atoms with Crippen LogP contribution in [0.25, 0.3) is 5.57 Å². The summed E-state index contributed by atoms with van der Waals surface area (Å²) in [5.74, 6) is -0.574. The molecule has 8 nitrogen and oxygen atoms in total. The van der Waals surface area contributed by atoms with Crippen molar-refractivity contribution in [2.45, 2.75) is 26.8 Å². The lowest BCUT2D eigenvalue weighted by Crippen LogP contribution is -2.30. The maximum Gasteiger partial charge on any atom is 0.271 e. The van der Waals surface area contributed by atoms with Gasteiger partial charge in [0.1, 0.15) is 10.7 Å². The number of nitrogens with zero attached hydrogens (tertiary/aromatic N) is 1. The van der Waals surface area contributed by atoms with Crippen LogP contribution in [0.15, 0.2) is 85.4 Å². The number of nitrogens with one attached hydrogen (secondary N) is 4. The molecule has 4 aromatic rings. The zero-order valence-corrected chi connectivity index (χ0v) is 22.7. The largest absolute Gasteiger partial charge is 0.348 e. The molecule has 0 saturated carbocycles. The molecular weight excluding hydrogens is 514 g/mol. The molecule has 200 valence electrons. The van der Waals surface area contributed by atoms with E-state index in [0.717, 1.165) is 28.0 Å². The van der Waals surface area contributed by atoms with Crippen LogP contribution in [-0.4, -0.2) is 34.5 Å². The number of H-pyrrole nitrogens is 1. The average molecular weight is 544 g/mol. The van der Waals surface area contributed by atoms with E-state index in [-0.39, 0.29) is 34.4 Å². The number of carbonyl (C=O) groups is 3. The fourth-order valence-electron chi connectivity index (χ4n) is 3.63. The van der Waals surface area contributed by atoms with E-state index in [1.165, 1.54) is 0 Å². The molecule has 4 rings (SSSR count). The number of para-hydroxylation sites is 1. The van der Waals surface area contributed by atoms with E-state index in [1.54, 1.807) is 12.1 Å². The van der Waals surface area contributed by atoms with Crippen molar-refractivity contribution in [3.8, 4) is 0 Å². The molecule has 0 spiro atoms. The average Bonchev–Trinajstić information content (AvgIpc) is 3.29. The van der Waals surface area contributed by atoms with Crippen LogP contribution in [0.1, 0.15) is 51.4 Å². The summed E-state index contributed by atoms with van der Waals surface area (Å²) in [4.78, 5) is 34.7. The third-order valence-electron chi connectivity index (χ3n) is 5.56. The standard InChI is InChI=1S/C15H17ClN4O2.C15H13NO/c1-8(2)17-15(22)12-11(16)13(20-19-12)18-14(21)10-7-5-4-6-9(10)3;1-12(13-7-3-2-4-8-13)14-9-5-6-10-15(14)16-11-17/h4-8H,1-3H3,(H,17,22)(H2,18,19,20,21);2-11H,1H2,(H,16,17). The van der Waals surface area contributed by atoms with Crippen LogP contribution in [0, 0.1) is 6.92 Å². The first kappa shape index (κ1) is 28.9. The number of halogens is 1. The number of carbonyl (C=O) groups excluding carboxylic acids is 3. The topological polar surface area (TPSA) is 116 Å². The minimum atomic E-state index is -0.371. The normalized spacial score (nSPS) is 10.2. The summed E-state index contributed by atoms with van der Waals surface area (Å²) >= 11 is 6.10. The molecule has 4 N–H and O–H groups in total. The monoisotopic (exact) mass is 543 g/mol. The van der Waals surface area contributed by atoms with Crippen LogP contribution in [0.5, 0.6) is 0 Å². The molecule has 0 radical (unpaired) electrons. The SMILES string of the molecule is C=C(c1ccccc1)c1ccccc1NC=O.Cc1ccccc1C(=O)Nc1n[nH]c(C(=O)NC(C)C)c1Cl. The highest BCUT2D eigenvalue weighted by molar-refractivity contribution is 6.36. The number of hydrogen-bond donors (Lipinski definition) is 4. The van der Waals surface area contributed by atoms with Crippen LogP contribution >= 0.6 is 11.6 Å². The van der Waals surface area contributed by atoms with E-state index >= 15 is 0 Å². The highest BCUT2D eigenvalue weighted by atomic mass is 35.5. The minimum absolute atomic E-state index is 0.0307. The van der Waals surface area contributed by atoms with Gasteiger partial charge in [0.25, 0.3) is 11.8 Å². The Balaban J connectivity index is 0.000000223. The van der Waals surface area contributed by atoms with E-state index in [2.05, 4.69) is 32.7 Å². The van der Waals surface area contributed by atoms with Crippen molar-refractivity contribution in [3.05, 3.63) is 118 Å². The number of benzene rings is 3. The van der Waals surface area contributed by atoms with Gasteiger partial charge in [-0.2, -0.15) is 5.10 Å². The minimum Gasteiger partial charge on any atom is -0.348 e. The van der Waals surface area contributed by atoms with Crippen LogP contribution < -0.4 is 16.0 Å². The third kappa shape index (κ3) is 7.66. The number of aryl methyl sites for hydroxylation is 1. The lowest BCUT2D eigenvalue weighted by atomic mass is 9.98. The van der Waals surface area contributed by atoms with Gasteiger partial charge in [-0.3, -0.25) is 19.5 Å². The van der Waals surface area contributed by atoms with Gasteiger partial charge < -0.3 is 16.0 Å². The van der Waals surface area contributed by atoms with Gasteiger partial charge in [0.15, 0.2) is 5.82 Å². The quantitative estimate of drug-likeness (QED) is 0.202. The lowest BCUT2D eigenvalue weighted by Gasteiger charge is -2.11. The number of rotatable bonds is 8. The van der Waals surface area contributed by atoms with Gasteiger partial charge >= 0.3 is 0 Å². The molecule has 0 unspecified atom stereocenters. The zero-order valence-electron chi connectivity index (χ0n) is 21.9. The predicted molar refractivity (Wildman–Crippen MR) is 156 cm³/mol. The smallest absolute Gasteiger partial charge is 0.271 e. The first-order valence-electron chi connectivity index (χ1n) is 12.2. The van der Waals surface area contributed by atoms with Crippen LogP contribution in [0.4, 0.5) is 11.5 Å². The van der Waals surface area contributed by atoms with Crippen molar-refractivity contribution in [3.63, 3.8) is 0 Å². The number of aromatic nitrogens is 2. The highest BCUT2D eigenvalue weighted by Gasteiger charge is 2.20. The van der Waals surface area contributed by atoms with Gasteiger partial charge in [0.2, 0.25) is 6.41 Å². The Morgan fingerprint density at radius 2 is 1.54 bits per heavy atom. The molecule has 9 heteroatoms. The van der Waals surface area contributed by atoms with Crippen molar-refractivity contribution in [1.82, 2.24) is 15.5 Å². The number of aromatic amines is 1. The van der Waals surface area contributed by atoms with Crippen molar-refractivity contribution in [2.24, 2.45) is 0 Å². The van der Waals surface area contributed by atoms with Crippen molar-refractivity contribution < 1.29 is 14.4 Å². The van der Waals surface area contributed by atoms with Crippen molar-refractivity contribution >= 4 is 46.9 Å². The molecule has 39 heavy (non-hydrogen) atoms. The Bertz CT molecular complexity index is 1460. The Kier molecular flexibility index (Phi) is 10.2. The van der Waals surface area contributed by atoms with E-state index < -0.39 is 0 Å². The summed E-state index contributed by atoms with van der Waals surface area (Å²) < 4.78 is 0. The Morgan fingerprint density at radius 3 is 2.18 bits per heavy atom. The molecule has 1 aromatic heterocycles. The molecule has 0 fully saturated rings. The molecule has 0 bridgehead atoms. The van der Waals surface area contributed by atoms with Crippen molar-refractivity contribution in [2.75, 3.05) is 10.6 Å². The summed E-state index contributed by atoms with van der Waals surface area (Å²) in [6, 6.07) is 24.7. The molecule has 0 aliphatic carbocycles. The Morgan fingerprint density at radius 1 is 0.923 bits per heavy atom. The zero-order chi connectivity index (χ0) is 28.4. The molecule has 3 aromatic carbocycles. The van der Waals surface area contributed by atoms with Crippen LogP contribution in [0.3, 0.4) is 0 Å². The number of hydrogen-bond acceptors (Lipinski definition) is 4. The first-order valence-corrected chi connectivity index (χ1v) is 12.6. The molecule has 0 aliphatic heterocycles. The van der Waals surface area contributed by atoms with Crippen molar-refractivity contribution in [1.29, 1.82) is 0 Å². The summed E-state index contributed by atoms with van der Waals surface area (Å²) in [6.07, 6.45) is 0.678. The molecular formula is C30H30ClN5O3. The first-order chi connectivity index (χ1) is 18.7. The second kappa shape index (κ2) is 13.7. The van der Waals surface area contributed by atoms with Gasteiger partial charge in [0.05, 0.1) is 0 Å². The fourth-order valence-corrected chi connectivity index (χ4v) is 3.85. The number of amides is 3. The lowest BCUT2D eigenvalue weighted by molar-refractivity contribution is -0.105. The molecule has 3 amide bonds. The number of anilines is 2. The van der Waals surface area contributed by atoms with Gasteiger partial charge in [-0.1, -0.05) is 84.9 Å².